The summed E-state index contributed by atoms with van der Waals surface area (Å²) >= 11 is 5.99. The van der Waals surface area contributed by atoms with Crippen LogP contribution < -0.4 is 15.4 Å². The van der Waals surface area contributed by atoms with Crippen LogP contribution in [0.25, 0.3) is 0 Å². The van der Waals surface area contributed by atoms with Gasteiger partial charge in [-0.15, -0.1) is 0 Å². The first-order chi connectivity index (χ1) is 11.5. The third kappa shape index (κ3) is 4.04. The molecule has 1 saturated heterocycles. The van der Waals surface area contributed by atoms with Gasteiger partial charge in [0.1, 0.15) is 5.75 Å². The van der Waals surface area contributed by atoms with Gasteiger partial charge in [-0.3, -0.25) is 0 Å². The molecule has 1 fully saturated rings. The van der Waals surface area contributed by atoms with Crippen LogP contribution >= 0.6 is 11.6 Å². The topological polar surface area (TPSA) is 80.4 Å². The molecule has 1 unspecified atom stereocenters. The lowest BCUT2D eigenvalue weighted by Gasteiger charge is -2.32. The number of nitrogen functional groups attached to an aromatic ring is 1. The number of hydrogen-bond donors (Lipinski definition) is 1. The van der Waals surface area contributed by atoms with E-state index in [1.165, 1.54) is 0 Å². The smallest absolute Gasteiger partial charge is 0.230 e. The zero-order chi connectivity index (χ0) is 17.1. The highest BCUT2D eigenvalue weighted by Gasteiger charge is 2.20. The highest BCUT2D eigenvalue weighted by molar-refractivity contribution is 6.30. The minimum atomic E-state index is -0.361. The van der Waals surface area contributed by atoms with Crippen molar-refractivity contribution in [1.82, 2.24) is 19.9 Å². The number of benzene rings is 1. The molecule has 2 N–H and O–H groups in total. The zero-order valence-corrected chi connectivity index (χ0v) is 14.6. The van der Waals surface area contributed by atoms with Gasteiger partial charge in [0, 0.05) is 31.2 Å². The molecule has 7 nitrogen and oxygen atoms in total. The van der Waals surface area contributed by atoms with E-state index in [2.05, 4.69) is 31.8 Å². The maximum Gasteiger partial charge on any atom is 0.230 e. The van der Waals surface area contributed by atoms with Crippen molar-refractivity contribution in [2.45, 2.75) is 13.0 Å². The highest BCUT2D eigenvalue weighted by atomic mass is 35.5. The standard InChI is InChI=1S/C16H21ClN6O/c1-11(24-13-5-3-4-12(17)10-13)14-19-15(18)21-16(20-14)23-8-6-22(2)7-9-23/h3-5,10-11H,6-9H2,1-2H3,(H2,18,19,20,21). The van der Waals surface area contributed by atoms with Gasteiger partial charge in [-0.05, 0) is 32.2 Å². The Bertz CT molecular complexity index is 705. The Morgan fingerprint density at radius 3 is 2.62 bits per heavy atom. The molecular weight excluding hydrogens is 328 g/mol. The van der Waals surface area contributed by atoms with Gasteiger partial charge in [-0.2, -0.15) is 15.0 Å². The molecular formula is C16H21ClN6O. The molecule has 0 bridgehead atoms. The molecule has 0 spiro atoms. The van der Waals surface area contributed by atoms with Crippen LogP contribution in [0.15, 0.2) is 24.3 Å². The number of aromatic nitrogens is 3. The minimum absolute atomic E-state index is 0.204. The Balaban J connectivity index is 1.77. The predicted molar refractivity (Wildman–Crippen MR) is 94.4 cm³/mol. The Labute approximate surface area is 146 Å². The average Bonchev–Trinajstić information content (AvgIpc) is 2.55. The summed E-state index contributed by atoms with van der Waals surface area (Å²) in [4.78, 5) is 17.4. The van der Waals surface area contributed by atoms with E-state index in [0.29, 0.717) is 22.5 Å². The lowest BCUT2D eigenvalue weighted by molar-refractivity contribution is 0.216. The summed E-state index contributed by atoms with van der Waals surface area (Å²) in [6.07, 6.45) is -0.361. The summed E-state index contributed by atoms with van der Waals surface area (Å²) in [5.41, 5.74) is 5.87. The summed E-state index contributed by atoms with van der Waals surface area (Å²) in [6, 6.07) is 7.23. The third-order valence-corrected chi connectivity index (χ3v) is 4.15. The van der Waals surface area contributed by atoms with Gasteiger partial charge in [0.05, 0.1) is 0 Å². The zero-order valence-electron chi connectivity index (χ0n) is 13.8. The van der Waals surface area contributed by atoms with Gasteiger partial charge in [-0.1, -0.05) is 17.7 Å². The highest BCUT2D eigenvalue weighted by Crippen LogP contribution is 2.24. The number of anilines is 2. The molecule has 128 valence electrons. The van der Waals surface area contributed by atoms with Crippen molar-refractivity contribution >= 4 is 23.5 Å². The summed E-state index contributed by atoms with van der Waals surface area (Å²) in [6.45, 7) is 5.54. The van der Waals surface area contributed by atoms with Crippen LogP contribution in [0.5, 0.6) is 5.75 Å². The molecule has 3 rings (SSSR count). The Morgan fingerprint density at radius 1 is 1.17 bits per heavy atom. The minimum Gasteiger partial charge on any atom is -0.483 e. The monoisotopic (exact) mass is 348 g/mol. The van der Waals surface area contributed by atoms with Crippen LogP contribution in [0.4, 0.5) is 11.9 Å². The van der Waals surface area contributed by atoms with E-state index in [-0.39, 0.29) is 12.1 Å². The number of nitrogens with two attached hydrogens (primary N) is 1. The van der Waals surface area contributed by atoms with Crippen LogP contribution in [-0.4, -0.2) is 53.1 Å². The number of piperazine rings is 1. The maximum atomic E-state index is 5.99. The lowest BCUT2D eigenvalue weighted by Crippen LogP contribution is -2.45. The number of ether oxygens (including phenoxy) is 1. The predicted octanol–water partition coefficient (Wildman–Crippen LogP) is 2.00. The van der Waals surface area contributed by atoms with Crippen LogP contribution in [0, 0.1) is 0 Å². The molecule has 1 atom stereocenters. The normalized spacial score (nSPS) is 16.9. The van der Waals surface area contributed by atoms with E-state index in [0.717, 1.165) is 26.2 Å². The summed E-state index contributed by atoms with van der Waals surface area (Å²) < 4.78 is 5.88. The van der Waals surface area contributed by atoms with Crippen molar-refractivity contribution in [3.63, 3.8) is 0 Å². The van der Waals surface area contributed by atoms with Gasteiger partial charge < -0.3 is 20.3 Å². The molecule has 24 heavy (non-hydrogen) atoms. The first-order valence-corrected chi connectivity index (χ1v) is 8.26. The van der Waals surface area contributed by atoms with Gasteiger partial charge in [0.15, 0.2) is 11.9 Å². The van der Waals surface area contributed by atoms with Crippen LogP contribution in [0.1, 0.15) is 18.9 Å². The molecule has 1 aromatic heterocycles. The van der Waals surface area contributed by atoms with E-state index >= 15 is 0 Å². The quantitative estimate of drug-likeness (QED) is 0.905. The largest absolute Gasteiger partial charge is 0.483 e. The molecule has 0 saturated carbocycles. The molecule has 1 aromatic carbocycles. The van der Waals surface area contributed by atoms with Crippen molar-refractivity contribution in [3.05, 3.63) is 35.1 Å². The second-order valence-electron chi connectivity index (χ2n) is 5.86. The fourth-order valence-electron chi connectivity index (χ4n) is 2.52. The molecule has 1 aliphatic rings. The Hall–Kier alpha value is -2.12. The summed E-state index contributed by atoms with van der Waals surface area (Å²) in [5.74, 6) is 1.98. The lowest BCUT2D eigenvalue weighted by atomic mass is 10.3. The van der Waals surface area contributed by atoms with Crippen molar-refractivity contribution < 1.29 is 4.74 Å². The van der Waals surface area contributed by atoms with E-state index in [1.54, 1.807) is 12.1 Å². The second-order valence-corrected chi connectivity index (χ2v) is 6.30. The molecule has 1 aliphatic heterocycles. The third-order valence-electron chi connectivity index (χ3n) is 3.92. The van der Waals surface area contributed by atoms with E-state index in [1.807, 2.05) is 19.1 Å². The van der Waals surface area contributed by atoms with Crippen molar-refractivity contribution in [2.75, 3.05) is 43.9 Å². The molecule has 0 amide bonds. The van der Waals surface area contributed by atoms with Crippen LogP contribution in [0.2, 0.25) is 5.02 Å². The number of likely N-dealkylation sites (N-methyl/N-ethyl adjacent to an activating group) is 1. The first-order valence-electron chi connectivity index (χ1n) is 7.88. The maximum absolute atomic E-state index is 5.99. The summed E-state index contributed by atoms with van der Waals surface area (Å²) in [5, 5.41) is 0.619. The van der Waals surface area contributed by atoms with Gasteiger partial charge >= 0.3 is 0 Å². The van der Waals surface area contributed by atoms with Crippen molar-refractivity contribution in [3.8, 4) is 5.75 Å². The van der Waals surface area contributed by atoms with Gasteiger partial charge in [0.2, 0.25) is 11.9 Å². The van der Waals surface area contributed by atoms with Crippen molar-refractivity contribution in [2.24, 2.45) is 0 Å². The molecule has 0 aliphatic carbocycles. The van der Waals surface area contributed by atoms with E-state index < -0.39 is 0 Å². The Kier molecular flexibility index (Phi) is 5.01. The van der Waals surface area contributed by atoms with Gasteiger partial charge in [-0.25, -0.2) is 0 Å². The number of hydrogen-bond acceptors (Lipinski definition) is 7. The fourth-order valence-corrected chi connectivity index (χ4v) is 2.70. The number of halogens is 1. The molecule has 0 radical (unpaired) electrons. The van der Waals surface area contributed by atoms with E-state index in [4.69, 9.17) is 22.1 Å². The van der Waals surface area contributed by atoms with Crippen LogP contribution in [-0.2, 0) is 0 Å². The average molecular weight is 349 g/mol. The Morgan fingerprint density at radius 2 is 1.92 bits per heavy atom. The molecule has 2 aromatic rings. The molecule has 8 heteroatoms. The first kappa shape index (κ1) is 16.7. The number of rotatable bonds is 4. The van der Waals surface area contributed by atoms with E-state index in [9.17, 15) is 0 Å². The SMILES string of the molecule is CC(Oc1cccc(Cl)c1)c1nc(N)nc(N2CCN(C)CC2)n1. The fraction of sp³-hybridized carbons (Fsp3) is 0.438. The second kappa shape index (κ2) is 7.19. The number of nitrogens with zero attached hydrogens (tertiary/aromatic N) is 5. The van der Waals surface area contributed by atoms with Gasteiger partial charge in [0.25, 0.3) is 0 Å². The molecule has 2 heterocycles. The van der Waals surface area contributed by atoms with Crippen molar-refractivity contribution in [1.29, 1.82) is 0 Å². The van der Waals surface area contributed by atoms with Crippen LogP contribution in [0.3, 0.4) is 0 Å². The summed E-state index contributed by atoms with van der Waals surface area (Å²) in [7, 11) is 2.10.